The summed E-state index contributed by atoms with van der Waals surface area (Å²) < 4.78 is 0.951. The van der Waals surface area contributed by atoms with Crippen LogP contribution in [-0.4, -0.2) is 23.1 Å². The minimum atomic E-state index is -0.775. The molecule has 1 aliphatic rings. The van der Waals surface area contributed by atoms with E-state index in [1.54, 1.807) is 0 Å². The van der Waals surface area contributed by atoms with Crippen LogP contribution in [-0.2, 0) is 11.3 Å². The van der Waals surface area contributed by atoms with Gasteiger partial charge in [-0.3, -0.25) is 4.79 Å². The summed E-state index contributed by atoms with van der Waals surface area (Å²) in [6.45, 7) is 0.433. The molecule has 0 aromatic heterocycles. The van der Waals surface area contributed by atoms with Crippen molar-refractivity contribution in [2.45, 2.75) is 31.8 Å². The molecule has 2 rings (SSSR count). The zero-order chi connectivity index (χ0) is 14.5. The van der Waals surface area contributed by atoms with Crippen molar-refractivity contribution in [3.8, 4) is 0 Å². The number of carbonyl (C=O) groups is 2. The van der Waals surface area contributed by atoms with E-state index in [9.17, 15) is 9.59 Å². The predicted octanol–water partition coefficient (Wildman–Crippen LogP) is 2.50. The van der Waals surface area contributed by atoms with Crippen LogP contribution in [0.3, 0.4) is 0 Å². The molecule has 1 fully saturated rings. The Morgan fingerprint density at radius 2 is 2.05 bits per heavy atom. The Morgan fingerprint density at radius 1 is 1.30 bits per heavy atom. The van der Waals surface area contributed by atoms with Crippen molar-refractivity contribution in [2.75, 3.05) is 0 Å². The van der Waals surface area contributed by atoms with E-state index in [4.69, 9.17) is 5.11 Å². The number of benzene rings is 1. The number of hydrogen-bond donors (Lipinski definition) is 3. The van der Waals surface area contributed by atoms with E-state index in [0.717, 1.165) is 16.5 Å². The fourth-order valence-electron chi connectivity index (χ4n) is 2.39. The molecule has 1 saturated carbocycles. The smallest absolute Gasteiger partial charge is 0.315 e. The minimum Gasteiger partial charge on any atom is -0.481 e. The van der Waals surface area contributed by atoms with E-state index >= 15 is 0 Å². The van der Waals surface area contributed by atoms with Crippen LogP contribution in [0.5, 0.6) is 0 Å². The molecule has 6 heteroatoms. The molecule has 108 valence electrons. The highest BCUT2D eigenvalue weighted by Gasteiger charge is 2.30. The van der Waals surface area contributed by atoms with E-state index < -0.39 is 5.97 Å². The summed E-state index contributed by atoms with van der Waals surface area (Å²) in [5, 5.41) is 14.5. The van der Waals surface area contributed by atoms with Crippen LogP contribution in [0, 0.1) is 5.92 Å². The molecule has 3 N–H and O–H groups in total. The number of aliphatic carboxylic acids is 1. The van der Waals surface area contributed by atoms with Gasteiger partial charge in [-0.1, -0.05) is 34.1 Å². The molecule has 1 aromatic rings. The lowest BCUT2D eigenvalue weighted by Crippen LogP contribution is -2.40. The fourth-order valence-corrected chi connectivity index (χ4v) is 2.82. The van der Waals surface area contributed by atoms with E-state index in [2.05, 4.69) is 26.6 Å². The van der Waals surface area contributed by atoms with E-state index in [0.29, 0.717) is 19.4 Å². The van der Waals surface area contributed by atoms with Crippen molar-refractivity contribution in [2.24, 2.45) is 5.92 Å². The second kappa shape index (κ2) is 6.74. The first-order valence-corrected chi connectivity index (χ1v) is 7.36. The predicted molar refractivity (Wildman–Crippen MR) is 78.3 cm³/mol. The van der Waals surface area contributed by atoms with Gasteiger partial charge in [0, 0.05) is 17.1 Å². The van der Waals surface area contributed by atoms with Gasteiger partial charge in [-0.2, -0.15) is 0 Å². The Labute approximate surface area is 125 Å². The van der Waals surface area contributed by atoms with Gasteiger partial charge in [0.2, 0.25) is 0 Å². The number of nitrogens with one attached hydrogen (secondary N) is 2. The first kappa shape index (κ1) is 14.8. The van der Waals surface area contributed by atoms with Crippen molar-refractivity contribution in [3.05, 3.63) is 34.3 Å². The highest BCUT2D eigenvalue weighted by molar-refractivity contribution is 9.10. The maximum absolute atomic E-state index is 11.8. The molecule has 20 heavy (non-hydrogen) atoms. The van der Waals surface area contributed by atoms with Gasteiger partial charge in [0.05, 0.1) is 5.92 Å². The van der Waals surface area contributed by atoms with Crippen LogP contribution in [0.1, 0.15) is 24.8 Å². The summed E-state index contributed by atoms with van der Waals surface area (Å²) in [5.41, 5.74) is 0.998. The fraction of sp³-hybridized carbons (Fsp3) is 0.429. The number of halogens is 1. The third-order valence-electron chi connectivity index (χ3n) is 3.51. The maximum Gasteiger partial charge on any atom is 0.315 e. The van der Waals surface area contributed by atoms with Crippen LogP contribution in [0.15, 0.2) is 28.7 Å². The Kier molecular flexibility index (Phi) is 5.00. The Morgan fingerprint density at radius 3 is 2.70 bits per heavy atom. The molecule has 0 saturated heterocycles. The van der Waals surface area contributed by atoms with Crippen molar-refractivity contribution in [1.29, 1.82) is 0 Å². The average Bonchev–Trinajstić information content (AvgIpc) is 2.86. The summed E-state index contributed by atoms with van der Waals surface area (Å²) in [7, 11) is 0. The van der Waals surface area contributed by atoms with Crippen LogP contribution in [0.25, 0.3) is 0 Å². The Bertz CT molecular complexity index is 507. The monoisotopic (exact) mass is 340 g/mol. The molecule has 0 spiro atoms. The molecule has 1 aliphatic carbocycles. The van der Waals surface area contributed by atoms with Crippen molar-refractivity contribution >= 4 is 27.9 Å². The normalized spacial score (nSPS) is 21.4. The highest BCUT2D eigenvalue weighted by atomic mass is 79.9. The highest BCUT2D eigenvalue weighted by Crippen LogP contribution is 2.25. The van der Waals surface area contributed by atoms with Gasteiger partial charge in [0.15, 0.2) is 0 Å². The lowest BCUT2D eigenvalue weighted by atomic mass is 10.1. The second-order valence-electron chi connectivity index (χ2n) is 4.96. The van der Waals surface area contributed by atoms with Crippen molar-refractivity contribution < 1.29 is 14.7 Å². The number of carboxylic acid groups (broad SMARTS) is 1. The van der Waals surface area contributed by atoms with Crippen LogP contribution < -0.4 is 10.6 Å². The SMILES string of the molecule is O=C(NCc1ccccc1Br)N[C@H]1CC[C@@H](C(=O)O)C1. The average molecular weight is 341 g/mol. The number of urea groups is 1. The minimum absolute atomic E-state index is 0.0460. The summed E-state index contributed by atoms with van der Waals surface area (Å²) in [5.74, 6) is -1.11. The molecular weight excluding hydrogens is 324 g/mol. The van der Waals surface area contributed by atoms with Crippen LogP contribution in [0.4, 0.5) is 4.79 Å². The van der Waals surface area contributed by atoms with Gasteiger partial charge >= 0.3 is 12.0 Å². The standard InChI is InChI=1S/C14H17BrN2O3/c15-12-4-2-1-3-10(12)8-16-14(20)17-11-6-5-9(7-11)13(18)19/h1-4,9,11H,5-8H2,(H,18,19)(H2,16,17,20)/t9-,11+/m1/s1. The van der Waals surface area contributed by atoms with E-state index in [1.165, 1.54) is 0 Å². The molecular formula is C14H17BrN2O3. The van der Waals surface area contributed by atoms with Gasteiger partial charge in [0.1, 0.15) is 0 Å². The molecule has 0 unspecified atom stereocenters. The van der Waals surface area contributed by atoms with Crippen molar-refractivity contribution in [3.63, 3.8) is 0 Å². The number of amides is 2. The second-order valence-corrected chi connectivity index (χ2v) is 5.82. The van der Waals surface area contributed by atoms with Gasteiger partial charge in [-0.25, -0.2) is 4.79 Å². The number of hydrogen-bond acceptors (Lipinski definition) is 2. The molecule has 0 radical (unpaired) electrons. The number of carboxylic acids is 1. The molecule has 5 nitrogen and oxygen atoms in total. The zero-order valence-electron chi connectivity index (χ0n) is 10.9. The lowest BCUT2D eigenvalue weighted by molar-refractivity contribution is -0.141. The molecule has 0 bridgehead atoms. The van der Waals surface area contributed by atoms with Gasteiger partial charge in [0.25, 0.3) is 0 Å². The first-order chi connectivity index (χ1) is 9.56. The van der Waals surface area contributed by atoms with E-state index in [-0.39, 0.29) is 18.0 Å². The topological polar surface area (TPSA) is 78.4 Å². The molecule has 1 aromatic carbocycles. The molecule has 2 atom stereocenters. The largest absolute Gasteiger partial charge is 0.481 e. The van der Waals surface area contributed by atoms with Crippen LogP contribution >= 0.6 is 15.9 Å². The number of rotatable bonds is 4. The number of carbonyl (C=O) groups excluding carboxylic acids is 1. The lowest BCUT2D eigenvalue weighted by Gasteiger charge is -2.14. The summed E-state index contributed by atoms with van der Waals surface area (Å²) in [6, 6.07) is 7.38. The van der Waals surface area contributed by atoms with E-state index in [1.807, 2.05) is 24.3 Å². The van der Waals surface area contributed by atoms with Gasteiger partial charge in [-0.15, -0.1) is 0 Å². The first-order valence-electron chi connectivity index (χ1n) is 6.57. The quantitative estimate of drug-likeness (QED) is 0.787. The summed E-state index contributed by atoms with van der Waals surface area (Å²) >= 11 is 3.42. The Hall–Kier alpha value is -1.56. The third kappa shape index (κ3) is 3.96. The molecule has 2 amide bonds. The van der Waals surface area contributed by atoms with Crippen molar-refractivity contribution in [1.82, 2.24) is 10.6 Å². The molecule has 0 aliphatic heterocycles. The third-order valence-corrected chi connectivity index (χ3v) is 4.29. The molecule has 0 heterocycles. The Balaban J connectivity index is 1.77. The van der Waals surface area contributed by atoms with Gasteiger partial charge in [-0.05, 0) is 30.9 Å². The zero-order valence-corrected chi connectivity index (χ0v) is 12.5. The van der Waals surface area contributed by atoms with Crippen LogP contribution in [0.2, 0.25) is 0 Å². The summed E-state index contributed by atoms with van der Waals surface area (Å²) in [6.07, 6.45) is 1.86. The summed E-state index contributed by atoms with van der Waals surface area (Å²) in [4.78, 5) is 22.6. The maximum atomic E-state index is 11.8. The van der Waals surface area contributed by atoms with Gasteiger partial charge < -0.3 is 15.7 Å².